The van der Waals surface area contributed by atoms with E-state index in [2.05, 4.69) is 63.3 Å². The largest absolute Gasteiger partial charge is 0.462 e. The van der Waals surface area contributed by atoms with Gasteiger partial charge < -0.3 is 14.2 Å². The van der Waals surface area contributed by atoms with E-state index in [9.17, 15) is 14.4 Å². The van der Waals surface area contributed by atoms with E-state index >= 15 is 0 Å². The third-order valence-corrected chi connectivity index (χ3v) is 11.8. The van der Waals surface area contributed by atoms with Crippen LogP contribution in [-0.2, 0) is 28.6 Å². The van der Waals surface area contributed by atoms with Gasteiger partial charge in [0.05, 0.1) is 0 Å². The van der Waals surface area contributed by atoms with Crippen LogP contribution in [-0.4, -0.2) is 37.2 Å². The van der Waals surface area contributed by atoms with Gasteiger partial charge in [-0.1, -0.05) is 243 Å². The standard InChI is InChI=1S/C57H102O6/c1-4-7-10-13-16-19-22-25-26-27-28-29-30-33-35-38-41-44-47-50-56(59)62-53-54(63-57(60)51-48-45-42-39-36-32-24-21-18-15-12-9-6-3)52-61-55(58)49-46-43-40-37-34-31-23-20-17-14-11-8-5-2/h16,19,22,25,32,36,42,45,54H,4-15,17-18,20-21,23-24,26-31,33-35,37-41,43-44,46-53H2,1-3H3/b19-16-,25-22-,36-32-,45-42-. The highest BCUT2D eigenvalue weighted by Crippen LogP contribution is 2.15. The van der Waals surface area contributed by atoms with Gasteiger partial charge in [-0.05, 0) is 64.2 Å². The van der Waals surface area contributed by atoms with Crippen molar-refractivity contribution >= 4 is 17.9 Å². The van der Waals surface area contributed by atoms with Gasteiger partial charge in [0.2, 0.25) is 0 Å². The first-order valence-corrected chi connectivity index (χ1v) is 27.2. The quantitative estimate of drug-likeness (QED) is 0.0199. The second kappa shape index (κ2) is 52.0. The van der Waals surface area contributed by atoms with Crippen LogP contribution in [0, 0.1) is 0 Å². The first-order chi connectivity index (χ1) is 31.0. The number of rotatable bonds is 49. The van der Waals surface area contributed by atoms with E-state index in [0.717, 1.165) is 51.4 Å². The van der Waals surface area contributed by atoms with E-state index in [-0.39, 0.29) is 37.5 Å². The summed E-state index contributed by atoms with van der Waals surface area (Å²) in [7, 11) is 0. The molecule has 0 radical (unpaired) electrons. The van der Waals surface area contributed by atoms with Crippen LogP contribution in [0.2, 0.25) is 0 Å². The molecule has 0 fully saturated rings. The summed E-state index contributed by atoms with van der Waals surface area (Å²) >= 11 is 0. The first kappa shape index (κ1) is 60.4. The van der Waals surface area contributed by atoms with Crippen molar-refractivity contribution < 1.29 is 28.6 Å². The first-order valence-electron chi connectivity index (χ1n) is 27.2. The average molecular weight is 883 g/mol. The number of unbranched alkanes of at least 4 members (excludes halogenated alkanes) is 31. The van der Waals surface area contributed by atoms with Gasteiger partial charge in [0.25, 0.3) is 0 Å². The van der Waals surface area contributed by atoms with Crippen molar-refractivity contribution in [1.29, 1.82) is 0 Å². The van der Waals surface area contributed by atoms with Crippen LogP contribution >= 0.6 is 0 Å². The lowest BCUT2D eigenvalue weighted by atomic mass is 10.0. The van der Waals surface area contributed by atoms with Crippen molar-refractivity contribution in [2.45, 2.75) is 284 Å². The fourth-order valence-corrected chi connectivity index (χ4v) is 7.72. The number of carbonyl (C=O) groups excluding carboxylic acids is 3. The zero-order chi connectivity index (χ0) is 45.8. The van der Waals surface area contributed by atoms with E-state index < -0.39 is 6.10 Å². The Balaban J connectivity index is 4.37. The molecule has 0 aliphatic heterocycles. The molecule has 1 unspecified atom stereocenters. The third-order valence-electron chi connectivity index (χ3n) is 11.8. The molecule has 0 N–H and O–H groups in total. The van der Waals surface area contributed by atoms with Crippen molar-refractivity contribution in [2.75, 3.05) is 13.2 Å². The summed E-state index contributed by atoms with van der Waals surface area (Å²) < 4.78 is 16.8. The van der Waals surface area contributed by atoms with Crippen LogP contribution in [0.5, 0.6) is 0 Å². The smallest absolute Gasteiger partial charge is 0.306 e. The number of hydrogen-bond acceptors (Lipinski definition) is 6. The van der Waals surface area contributed by atoms with Crippen molar-refractivity contribution in [3.05, 3.63) is 48.6 Å². The zero-order valence-electron chi connectivity index (χ0n) is 41.8. The van der Waals surface area contributed by atoms with E-state index in [1.165, 1.54) is 180 Å². The highest BCUT2D eigenvalue weighted by molar-refractivity contribution is 5.71. The SMILES string of the molecule is CCCCC/C=C\C=C/CCCCCCCCCCCCC(=O)OCC(COC(=O)CCCCCCCCCCCCCCC)OC(=O)CC/C=C\C/C=C\CCCCCCCC. The molecule has 0 aliphatic carbocycles. The number of esters is 3. The lowest BCUT2D eigenvalue weighted by Crippen LogP contribution is -2.30. The Morgan fingerprint density at radius 2 is 0.651 bits per heavy atom. The van der Waals surface area contributed by atoms with Gasteiger partial charge in [0.15, 0.2) is 6.10 Å². The molecule has 366 valence electrons. The molecule has 0 spiro atoms. The maximum absolute atomic E-state index is 12.8. The minimum Gasteiger partial charge on any atom is -0.462 e. The molecular formula is C57H102O6. The van der Waals surface area contributed by atoms with Crippen LogP contribution < -0.4 is 0 Å². The Morgan fingerprint density at radius 1 is 0.333 bits per heavy atom. The molecule has 0 aliphatic rings. The van der Waals surface area contributed by atoms with Gasteiger partial charge >= 0.3 is 17.9 Å². The molecule has 0 bridgehead atoms. The Bertz CT molecular complexity index is 1110. The van der Waals surface area contributed by atoms with Crippen LogP contribution in [0.3, 0.4) is 0 Å². The summed E-state index contributed by atoms with van der Waals surface area (Å²) in [6.07, 6.45) is 62.5. The molecule has 6 heteroatoms. The van der Waals surface area contributed by atoms with E-state index in [4.69, 9.17) is 14.2 Å². The van der Waals surface area contributed by atoms with Gasteiger partial charge in [-0.25, -0.2) is 0 Å². The normalized spacial score (nSPS) is 12.4. The topological polar surface area (TPSA) is 78.9 Å². The van der Waals surface area contributed by atoms with Crippen LogP contribution in [0.15, 0.2) is 48.6 Å². The third kappa shape index (κ3) is 50.2. The summed E-state index contributed by atoms with van der Waals surface area (Å²) in [5, 5.41) is 0. The molecule has 0 aromatic carbocycles. The second-order valence-corrected chi connectivity index (χ2v) is 18.2. The number of allylic oxidation sites excluding steroid dienone is 8. The van der Waals surface area contributed by atoms with Crippen molar-refractivity contribution in [3.63, 3.8) is 0 Å². The summed E-state index contributed by atoms with van der Waals surface area (Å²) in [4.78, 5) is 38.0. The molecular weight excluding hydrogens is 781 g/mol. The predicted octanol–water partition coefficient (Wildman–Crippen LogP) is 17.9. The minimum absolute atomic E-state index is 0.0938. The molecule has 0 aromatic rings. The fourth-order valence-electron chi connectivity index (χ4n) is 7.72. The van der Waals surface area contributed by atoms with Crippen LogP contribution in [0.4, 0.5) is 0 Å². The highest BCUT2D eigenvalue weighted by atomic mass is 16.6. The van der Waals surface area contributed by atoms with Crippen molar-refractivity contribution in [1.82, 2.24) is 0 Å². The van der Waals surface area contributed by atoms with Crippen molar-refractivity contribution in [3.8, 4) is 0 Å². The molecule has 0 saturated heterocycles. The Hall–Kier alpha value is -2.63. The summed E-state index contributed by atoms with van der Waals surface area (Å²) in [5.41, 5.74) is 0. The highest BCUT2D eigenvalue weighted by Gasteiger charge is 2.19. The Morgan fingerprint density at radius 3 is 1.06 bits per heavy atom. The number of carbonyl (C=O) groups is 3. The van der Waals surface area contributed by atoms with Gasteiger partial charge in [0, 0.05) is 19.3 Å². The number of hydrogen-bond donors (Lipinski definition) is 0. The minimum atomic E-state index is -0.801. The molecule has 0 amide bonds. The number of ether oxygens (including phenoxy) is 3. The molecule has 0 heterocycles. The maximum atomic E-state index is 12.8. The second-order valence-electron chi connectivity index (χ2n) is 18.2. The molecule has 6 nitrogen and oxygen atoms in total. The van der Waals surface area contributed by atoms with E-state index in [1.807, 2.05) is 6.08 Å². The predicted molar refractivity (Wildman–Crippen MR) is 270 cm³/mol. The van der Waals surface area contributed by atoms with Gasteiger partial charge in [-0.2, -0.15) is 0 Å². The van der Waals surface area contributed by atoms with E-state index in [0.29, 0.717) is 19.3 Å². The molecule has 0 aromatic heterocycles. The summed E-state index contributed by atoms with van der Waals surface area (Å²) in [6.45, 7) is 6.57. The van der Waals surface area contributed by atoms with Crippen LogP contribution in [0.25, 0.3) is 0 Å². The van der Waals surface area contributed by atoms with Crippen molar-refractivity contribution in [2.24, 2.45) is 0 Å². The lowest BCUT2D eigenvalue weighted by molar-refractivity contribution is -0.166. The maximum Gasteiger partial charge on any atom is 0.306 e. The molecule has 0 rings (SSSR count). The van der Waals surface area contributed by atoms with Crippen LogP contribution in [0.1, 0.15) is 278 Å². The van der Waals surface area contributed by atoms with Gasteiger partial charge in [0.1, 0.15) is 13.2 Å². The Labute approximate surface area is 390 Å². The summed E-state index contributed by atoms with van der Waals surface area (Å²) in [5.74, 6) is -0.956. The average Bonchev–Trinajstić information content (AvgIpc) is 3.28. The molecule has 0 saturated carbocycles. The van der Waals surface area contributed by atoms with Gasteiger partial charge in [-0.3, -0.25) is 14.4 Å². The molecule has 63 heavy (non-hydrogen) atoms. The summed E-state index contributed by atoms with van der Waals surface area (Å²) in [6, 6.07) is 0. The monoisotopic (exact) mass is 883 g/mol. The molecule has 1 atom stereocenters. The zero-order valence-corrected chi connectivity index (χ0v) is 41.8. The lowest BCUT2D eigenvalue weighted by Gasteiger charge is -2.18. The Kier molecular flexibility index (Phi) is 49.8. The van der Waals surface area contributed by atoms with Gasteiger partial charge in [-0.15, -0.1) is 0 Å². The fraction of sp³-hybridized carbons (Fsp3) is 0.807. The van der Waals surface area contributed by atoms with E-state index in [1.54, 1.807) is 0 Å².